The van der Waals surface area contributed by atoms with Gasteiger partial charge in [0.25, 0.3) is 0 Å². The molecule has 1 heterocycles. The highest BCUT2D eigenvalue weighted by atomic mass is 127. The lowest BCUT2D eigenvalue weighted by molar-refractivity contribution is 0.414. The molecular weight excluding hydrogens is 463 g/mol. The van der Waals surface area contributed by atoms with Crippen molar-refractivity contribution in [3.05, 3.63) is 71.8 Å². The Kier molecular flexibility index (Phi) is 8.63. The molecule has 0 spiro atoms. The van der Waals surface area contributed by atoms with Gasteiger partial charge in [0, 0.05) is 46.0 Å². The number of hydrogen-bond donors (Lipinski definition) is 1. The van der Waals surface area contributed by atoms with Gasteiger partial charge in [0.15, 0.2) is 5.96 Å². The third kappa shape index (κ3) is 5.89. The van der Waals surface area contributed by atoms with Gasteiger partial charge in [-0.2, -0.15) is 0 Å². The van der Waals surface area contributed by atoms with E-state index < -0.39 is 0 Å². The topological polar surface area (TPSA) is 40.1 Å². The average Bonchev–Trinajstić information content (AvgIpc) is 3.24. The summed E-state index contributed by atoms with van der Waals surface area (Å²) in [4.78, 5) is 8.87. The van der Waals surface area contributed by atoms with Crippen LogP contribution in [0.2, 0.25) is 0 Å². The molecule has 0 unspecified atom stereocenters. The number of rotatable bonds is 6. The summed E-state index contributed by atoms with van der Waals surface area (Å²) >= 11 is 0. The number of ether oxygens (including phenoxy) is 1. The van der Waals surface area contributed by atoms with Crippen LogP contribution in [0.25, 0.3) is 0 Å². The number of benzene rings is 2. The zero-order chi connectivity index (χ0) is 19.1. The molecule has 5 nitrogen and oxygen atoms in total. The molecule has 28 heavy (non-hydrogen) atoms. The van der Waals surface area contributed by atoms with E-state index in [0.29, 0.717) is 0 Å². The van der Waals surface area contributed by atoms with Crippen LogP contribution in [0.3, 0.4) is 0 Å². The van der Waals surface area contributed by atoms with Crippen molar-refractivity contribution in [1.29, 1.82) is 0 Å². The quantitative estimate of drug-likeness (QED) is 0.288. The van der Waals surface area contributed by atoms with Crippen molar-refractivity contribution in [2.45, 2.75) is 13.1 Å². The van der Waals surface area contributed by atoms with Crippen LogP contribution in [0.1, 0.15) is 11.1 Å². The van der Waals surface area contributed by atoms with Crippen molar-refractivity contribution in [3.63, 3.8) is 0 Å². The van der Waals surface area contributed by atoms with Crippen LogP contribution in [-0.4, -0.2) is 45.2 Å². The highest BCUT2D eigenvalue weighted by Gasteiger charge is 2.09. The molecule has 150 valence electrons. The third-order valence-electron chi connectivity index (χ3n) is 4.72. The summed E-state index contributed by atoms with van der Waals surface area (Å²) in [6.45, 7) is 3.53. The monoisotopic (exact) mass is 492 g/mol. The molecular formula is C22H29IN4O. The van der Waals surface area contributed by atoms with Crippen molar-refractivity contribution in [2.75, 3.05) is 39.2 Å². The van der Waals surface area contributed by atoms with Crippen LogP contribution in [-0.2, 0) is 13.1 Å². The fourth-order valence-electron chi connectivity index (χ4n) is 3.16. The first-order valence-corrected chi connectivity index (χ1v) is 9.23. The molecule has 1 aliphatic heterocycles. The van der Waals surface area contributed by atoms with Crippen LogP contribution in [0.5, 0.6) is 5.75 Å². The Bertz CT molecular complexity index is 779. The number of halogens is 1. The van der Waals surface area contributed by atoms with E-state index in [9.17, 15) is 0 Å². The maximum absolute atomic E-state index is 5.22. The largest absolute Gasteiger partial charge is 0.497 e. The van der Waals surface area contributed by atoms with Crippen molar-refractivity contribution in [2.24, 2.45) is 4.99 Å². The maximum Gasteiger partial charge on any atom is 0.193 e. The Morgan fingerprint density at radius 3 is 2.21 bits per heavy atom. The molecule has 0 amide bonds. The second-order valence-electron chi connectivity index (χ2n) is 6.65. The molecule has 3 rings (SSSR count). The number of hydrogen-bond acceptors (Lipinski definition) is 3. The molecule has 2 aromatic carbocycles. The summed E-state index contributed by atoms with van der Waals surface area (Å²) in [6, 6.07) is 16.9. The van der Waals surface area contributed by atoms with Gasteiger partial charge < -0.3 is 19.9 Å². The summed E-state index contributed by atoms with van der Waals surface area (Å²) in [6.07, 6.45) is 4.41. The van der Waals surface area contributed by atoms with E-state index in [0.717, 1.165) is 37.9 Å². The highest BCUT2D eigenvalue weighted by molar-refractivity contribution is 14.0. The standard InChI is InChI=1S/C22H28N4O.HI/c1-23-22(25(2)17-19-8-12-21(27-3)13-9-19)24-16-18-6-10-20(11-7-18)26-14-4-5-15-26;/h4-13H,14-17H2,1-3H3,(H,23,24);1H. The van der Waals surface area contributed by atoms with Gasteiger partial charge in [-0.15, -0.1) is 24.0 Å². The minimum Gasteiger partial charge on any atom is -0.497 e. The molecule has 1 N–H and O–H groups in total. The van der Waals surface area contributed by atoms with Gasteiger partial charge in [0.05, 0.1) is 7.11 Å². The molecule has 0 saturated carbocycles. The third-order valence-corrected chi connectivity index (χ3v) is 4.72. The number of guanidine groups is 1. The highest BCUT2D eigenvalue weighted by Crippen LogP contribution is 2.17. The molecule has 0 aliphatic carbocycles. The lowest BCUT2D eigenvalue weighted by Gasteiger charge is -2.22. The zero-order valence-corrected chi connectivity index (χ0v) is 19.1. The van der Waals surface area contributed by atoms with Gasteiger partial charge >= 0.3 is 0 Å². The van der Waals surface area contributed by atoms with E-state index in [1.807, 2.05) is 26.2 Å². The van der Waals surface area contributed by atoms with E-state index >= 15 is 0 Å². The minimum atomic E-state index is 0. The maximum atomic E-state index is 5.22. The smallest absolute Gasteiger partial charge is 0.193 e. The Morgan fingerprint density at radius 2 is 1.64 bits per heavy atom. The first-order valence-electron chi connectivity index (χ1n) is 9.23. The van der Waals surface area contributed by atoms with Crippen molar-refractivity contribution in [3.8, 4) is 5.75 Å². The van der Waals surface area contributed by atoms with Crippen molar-refractivity contribution >= 4 is 35.6 Å². The number of nitrogens with zero attached hydrogens (tertiary/aromatic N) is 3. The molecule has 0 bridgehead atoms. The fraction of sp³-hybridized carbons (Fsp3) is 0.318. The first kappa shape index (κ1) is 22.1. The molecule has 2 aromatic rings. The van der Waals surface area contributed by atoms with Gasteiger partial charge in [-0.05, 0) is 35.4 Å². The Hall–Kier alpha value is -2.22. The fourth-order valence-corrected chi connectivity index (χ4v) is 3.16. The number of anilines is 1. The van der Waals surface area contributed by atoms with Crippen LogP contribution in [0.4, 0.5) is 5.69 Å². The van der Waals surface area contributed by atoms with Crippen LogP contribution in [0.15, 0.2) is 65.7 Å². The predicted octanol–water partition coefficient (Wildman–Crippen LogP) is 3.90. The molecule has 1 aliphatic rings. The number of methoxy groups -OCH3 is 1. The van der Waals surface area contributed by atoms with Crippen molar-refractivity contribution < 1.29 is 4.74 Å². The van der Waals surface area contributed by atoms with Crippen LogP contribution < -0.4 is 15.0 Å². The number of aliphatic imine (C=N–C) groups is 1. The normalized spacial score (nSPS) is 13.2. The minimum absolute atomic E-state index is 0. The summed E-state index contributed by atoms with van der Waals surface area (Å²) in [7, 11) is 5.54. The Morgan fingerprint density at radius 1 is 1.04 bits per heavy atom. The van der Waals surface area contributed by atoms with E-state index in [2.05, 4.69) is 68.7 Å². The molecule has 0 aromatic heterocycles. The Labute approximate surface area is 185 Å². The van der Waals surface area contributed by atoms with E-state index in [1.165, 1.54) is 16.8 Å². The van der Waals surface area contributed by atoms with Crippen LogP contribution >= 0.6 is 24.0 Å². The second kappa shape index (κ2) is 10.9. The van der Waals surface area contributed by atoms with Gasteiger partial charge in [-0.25, -0.2) is 0 Å². The van der Waals surface area contributed by atoms with E-state index in [1.54, 1.807) is 7.11 Å². The van der Waals surface area contributed by atoms with Crippen molar-refractivity contribution in [1.82, 2.24) is 10.2 Å². The molecule has 0 saturated heterocycles. The summed E-state index contributed by atoms with van der Waals surface area (Å²) in [5.74, 6) is 1.75. The van der Waals surface area contributed by atoms with E-state index in [4.69, 9.17) is 4.74 Å². The molecule has 6 heteroatoms. The molecule has 0 fully saturated rings. The van der Waals surface area contributed by atoms with Gasteiger partial charge in [0.1, 0.15) is 5.75 Å². The van der Waals surface area contributed by atoms with Crippen LogP contribution in [0, 0.1) is 0 Å². The SMILES string of the molecule is CN=C(NCc1ccc(N2CC=CC2)cc1)N(C)Cc1ccc(OC)cc1.I. The van der Waals surface area contributed by atoms with Gasteiger partial charge in [0.2, 0.25) is 0 Å². The summed E-state index contributed by atoms with van der Waals surface area (Å²) < 4.78 is 5.22. The molecule has 0 radical (unpaired) electrons. The van der Waals surface area contributed by atoms with Gasteiger partial charge in [-0.1, -0.05) is 36.4 Å². The summed E-state index contributed by atoms with van der Waals surface area (Å²) in [5, 5.41) is 3.44. The lowest BCUT2D eigenvalue weighted by atomic mass is 10.2. The Balaban J connectivity index is 0.00000280. The second-order valence-corrected chi connectivity index (χ2v) is 6.65. The summed E-state index contributed by atoms with van der Waals surface area (Å²) in [5.41, 5.74) is 3.72. The number of nitrogens with one attached hydrogen (secondary N) is 1. The van der Waals surface area contributed by atoms with Gasteiger partial charge in [-0.3, -0.25) is 4.99 Å². The lowest BCUT2D eigenvalue weighted by Crippen LogP contribution is -2.38. The molecule has 0 atom stereocenters. The average molecular weight is 492 g/mol. The van der Waals surface area contributed by atoms with E-state index in [-0.39, 0.29) is 24.0 Å². The predicted molar refractivity (Wildman–Crippen MR) is 128 cm³/mol. The zero-order valence-electron chi connectivity index (χ0n) is 16.8. The first-order chi connectivity index (χ1) is 13.2.